The second-order valence-electron chi connectivity index (χ2n) is 5.88. The summed E-state index contributed by atoms with van der Waals surface area (Å²) in [5, 5.41) is 15.2. The number of carboxylic acids is 1. The molecule has 10 heteroatoms. The lowest BCUT2D eigenvalue weighted by atomic mass is 10.1. The van der Waals surface area contributed by atoms with Gasteiger partial charge in [-0.2, -0.15) is 18.3 Å². The minimum atomic E-state index is -4.52. The Labute approximate surface area is 164 Å². The summed E-state index contributed by atoms with van der Waals surface area (Å²) >= 11 is 5.01. The van der Waals surface area contributed by atoms with Crippen molar-refractivity contribution in [3.05, 3.63) is 53.0 Å². The number of halogens is 3. The maximum atomic E-state index is 13.0. The van der Waals surface area contributed by atoms with Crippen molar-refractivity contribution in [3.63, 3.8) is 0 Å². The van der Waals surface area contributed by atoms with Crippen LogP contribution in [0.1, 0.15) is 36.0 Å². The largest absolute Gasteiger partial charge is 0.481 e. The van der Waals surface area contributed by atoms with Crippen molar-refractivity contribution in [2.45, 2.75) is 32.9 Å². The SMILES string of the molecule is C/C(=N/NC(=S)Nc1ccccc1C(F)(F)F)c1cc(CCC(=O)O)oc1C. The van der Waals surface area contributed by atoms with Gasteiger partial charge >= 0.3 is 12.1 Å². The monoisotopic (exact) mass is 413 g/mol. The quantitative estimate of drug-likeness (QED) is 0.371. The zero-order valence-corrected chi connectivity index (χ0v) is 15.9. The Morgan fingerprint density at radius 1 is 1.32 bits per heavy atom. The molecule has 0 spiro atoms. The molecule has 2 rings (SSSR count). The van der Waals surface area contributed by atoms with Gasteiger partial charge in [-0.25, -0.2) is 0 Å². The molecule has 0 saturated carbocycles. The average Bonchev–Trinajstić information content (AvgIpc) is 2.98. The second-order valence-corrected chi connectivity index (χ2v) is 6.29. The van der Waals surface area contributed by atoms with Crippen LogP contribution in [0.2, 0.25) is 0 Å². The molecular formula is C18H18F3N3O3S. The molecule has 150 valence electrons. The lowest BCUT2D eigenvalue weighted by molar-refractivity contribution is -0.137. The van der Waals surface area contributed by atoms with Gasteiger partial charge < -0.3 is 14.8 Å². The minimum Gasteiger partial charge on any atom is -0.481 e. The van der Waals surface area contributed by atoms with Gasteiger partial charge in [-0.3, -0.25) is 10.2 Å². The maximum absolute atomic E-state index is 13.0. The summed E-state index contributed by atoms with van der Waals surface area (Å²) in [6, 6.07) is 6.64. The number of carboxylic acid groups (broad SMARTS) is 1. The fourth-order valence-electron chi connectivity index (χ4n) is 2.44. The van der Waals surface area contributed by atoms with E-state index in [1.54, 1.807) is 19.9 Å². The Morgan fingerprint density at radius 3 is 2.64 bits per heavy atom. The predicted octanol–water partition coefficient (Wildman–Crippen LogP) is 4.33. The zero-order valence-electron chi connectivity index (χ0n) is 15.1. The lowest BCUT2D eigenvalue weighted by Gasteiger charge is -2.14. The number of hydrazone groups is 1. The number of aryl methyl sites for hydroxylation is 2. The fourth-order valence-corrected chi connectivity index (χ4v) is 2.60. The first-order chi connectivity index (χ1) is 13.1. The van der Waals surface area contributed by atoms with Gasteiger partial charge in [0, 0.05) is 12.0 Å². The highest BCUT2D eigenvalue weighted by atomic mass is 32.1. The van der Waals surface area contributed by atoms with Crippen molar-refractivity contribution in [2.75, 3.05) is 5.32 Å². The normalized spacial score (nSPS) is 12.0. The summed E-state index contributed by atoms with van der Waals surface area (Å²) in [7, 11) is 0. The molecule has 0 radical (unpaired) electrons. The second kappa shape index (κ2) is 8.87. The van der Waals surface area contributed by atoms with E-state index in [0.29, 0.717) is 22.8 Å². The van der Waals surface area contributed by atoms with Crippen LogP contribution in [-0.4, -0.2) is 21.9 Å². The number of furan rings is 1. The van der Waals surface area contributed by atoms with Crippen LogP contribution in [0.5, 0.6) is 0 Å². The molecular weight excluding hydrogens is 395 g/mol. The number of hydrogen-bond acceptors (Lipinski definition) is 4. The highest BCUT2D eigenvalue weighted by Gasteiger charge is 2.33. The summed E-state index contributed by atoms with van der Waals surface area (Å²) in [5.41, 5.74) is 2.60. The molecule has 3 N–H and O–H groups in total. The van der Waals surface area contributed by atoms with E-state index in [1.807, 2.05) is 0 Å². The third-order valence-corrected chi connectivity index (χ3v) is 3.94. The van der Waals surface area contributed by atoms with E-state index in [-0.39, 0.29) is 23.6 Å². The van der Waals surface area contributed by atoms with E-state index in [2.05, 4.69) is 15.8 Å². The van der Waals surface area contributed by atoms with Crippen molar-refractivity contribution < 1.29 is 27.5 Å². The number of nitrogens with zero attached hydrogens (tertiary/aromatic N) is 1. The van der Waals surface area contributed by atoms with Gasteiger partial charge in [0.05, 0.1) is 23.4 Å². The standard InChI is InChI=1S/C18H18F3N3O3S/c1-10(13-9-12(27-11(13)2)7-8-16(25)26)23-24-17(28)22-15-6-4-3-5-14(15)18(19,20)21/h3-6,9H,7-8H2,1-2H3,(H,25,26)(H2,22,24,28)/b23-10-. The van der Waals surface area contributed by atoms with Crippen LogP contribution in [0.25, 0.3) is 0 Å². The Kier molecular flexibility index (Phi) is 6.79. The van der Waals surface area contributed by atoms with Crippen molar-refractivity contribution in [1.29, 1.82) is 0 Å². The molecule has 1 aromatic heterocycles. The van der Waals surface area contributed by atoms with E-state index in [4.69, 9.17) is 21.7 Å². The number of para-hydroxylation sites is 1. The molecule has 0 saturated heterocycles. The maximum Gasteiger partial charge on any atom is 0.418 e. The van der Waals surface area contributed by atoms with Gasteiger partial charge in [0.15, 0.2) is 5.11 Å². The summed E-state index contributed by atoms with van der Waals surface area (Å²) in [6.07, 6.45) is -4.34. The molecule has 0 atom stereocenters. The molecule has 0 amide bonds. The molecule has 1 heterocycles. The van der Waals surface area contributed by atoms with Crippen LogP contribution in [0.4, 0.5) is 18.9 Å². The number of anilines is 1. The third-order valence-electron chi connectivity index (χ3n) is 3.75. The summed E-state index contributed by atoms with van der Waals surface area (Å²) in [5.74, 6) is 0.118. The first-order valence-electron chi connectivity index (χ1n) is 8.17. The molecule has 0 aliphatic rings. The van der Waals surface area contributed by atoms with Crippen molar-refractivity contribution in [1.82, 2.24) is 5.43 Å². The van der Waals surface area contributed by atoms with Crippen LogP contribution in [-0.2, 0) is 17.4 Å². The molecule has 0 bridgehead atoms. The highest BCUT2D eigenvalue weighted by Crippen LogP contribution is 2.34. The first kappa shape index (κ1) is 21.4. The molecule has 2 aromatic rings. The van der Waals surface area contributed by atoms with E-state index < -0.39 is 17.7 Å². The predicted molar refractivity (Wildman–Crippen MR) is 102 cm³/mol. The molecule has 0 aliphatic heterocycles. The van der Waals surface area contributed by atoms with Gasteiger partial charge in [-0.15, -0.1) is 0 Å². The Balaban J connectivity index is 2.06. The molecule has 1 aromatic carbocycles. The van der Waals surface area contributed by atoms with Crippen LogP contribution in [0, 0.1) is 6.92 Å². The smallest absolute Gasteiger partial charge is 0.418 e. The number of benzene rings is 1. The Morgan fingerprint density at radius 2 is 2.00 bits per heavy atom. The number of aliphatic carboxylic acids is 1. The first-order valence-corrected chi connectivity index (χ1v) is 8.57. The molecule has 0 unspecified atom stereocenters. The zero-order chi connectivity index (χ0) is 20.9. The summed E-state index contributed by atoms with van der Waals surface area (Å²) in [6.45, 7) is 3.37. The van der Waals surface area contributed by atoms with Crippen molar-refractivity contribution in [2.24, 2.45) is 5.10 Å². The highest BCUT2D eigenvalue weighted by molar-refractivity contribution is 7.80. The number of carbonyl (C=O) groups is 1. The van der Waals surface area contributed by atoms with Gasteiger partial charge in [0.1, 0.15) is 11.5 Å². The van der Waals surface area contributed by atoms with E-state index in [9.17, 15) is 18.0 Å². The number of rotatable bonds is 6. The van der Waals surface area contributed by atoms with Crippen molar-refractivity contribution >= 4 is 34.7 Å². The fraction of sp³-hybridized carbons (Fsp3) is 0.278. The van der Waals surface area contributed by atoms with E-state index in [0.717, 1.165) is 6.07 Å². The third kappa shape index (κ3) is 5.81. The Hall–Kier alpha value is -2.88. The molecule has 0 fully saturated rings. The summed E-state index contributed by atoms with van der Waals surface area (Å²) < 4.78 is 44.5. The van der Waals surface area contributed by atoms with Crippen LogP contribution >= 0.6 is 12.2 Å². The van der Waals surface area contributed by atoms with Crippen LogP contribution < -0.4 is 10.7 Å². The average molecular weight is 413 g/mol. The van der Waals surface area contributed by atoms with E-state index in [1.165, 1.54) is 18.2 Å². The van der Waals surface area contributed by atoms with Crippen molar-refractivity contribution in [3.8, 4) is 0 Å². The molecule has 28 heavy (non-hydrogen) atoms. The topological polar surface area (TPSA) is 86.9 Å². The number of hydrogen-bond donors (Lipinski definition) is 3. The van der Waals surface area contributed by atoms with Crippen LogP contribution in [0.3, 0.4) is 0 Å². The van der Waals surface area contributed by atoms with Gasteiger partial charge in [0.25, 0.3) is 0 Å². The Bertz CT molecular complexity index is 907. The molecule has 0 aliphatic carbocycles. The number of alkyl halides is 3. The van der Waals surface area contributed by atoms with Gasteiger partial charge in [0.2, 0.25) is 0 Å². The van der Waals surface area contributed by atoms with Crippen LogP contribution in [0.15, 0.2) is 39.9 Å². The number of nitrogens with one attached hydrogen (secondary N) is 2. The minimum absolute atomic E-state index is 0.0620. The summed E-state index contributed by atoms with van der Waals surface area (Å²) in [4.78, 5) is 10.6. The van der Waals surface area contributed by atoms with Gasteiger partial charge in [-0.05, 0) is 44.3 Å². The van der Waals surface area contributed by atoms with E-state index >= 15 is 0 Å². The molecule has 6 nitrogen and oxygen atoms in total. The number of thiocarbonyl (C=S) groups is 1. The van der Waals surface area contributed by atoms with Gasteiger partial charge in [-0.1, -0.05) is 12.1 Å². The lowest BCUT2D eigenvalue weighted by Crippen LogP contribution is -2.26.